The number of benzene rings is 1. The number of nitrogens with zero attached hydrogens (tertiary/aromatic N) is 2. The third-order valence-electron chi connectivity index (χ3n) is 3.92. The standard InChI is InChI=1S/C16H25N3O/c1-3-19(15-9-5-4-7-13(15)2)16(20)12-18-10-6-8-14(17)11-18/h4-5,7,9,14H,3,6,8,10-12,17H2,1-2H3. The van der Waals surface area contributed by atoms with Gasteiger partial charge in [0.1, 0.15) is 0 Å². The van der Waals surface area contributed by atoms with Crippen LogP contribution in [0.15, 0.2) is 24.3 Å². The van der Waals surface area contributed by atoms with E-state index in [1.54, 1.807) is 0 Å². The molecule has 1 fully saturated rings. The SMILES string of the molecule is CCN(C(=O)CN1CCCC(N)C1)c1ccccc1C. The summed E-state index contributed by atoms with van der Waals surface area (Å²) in [5, 5.41) is 0. The number of carbonyl (C=O) groups is 1. The van der Waals surface area contributed by atoms with E-state index in [0.29, 0.717) is 13.1 Å². The first kappa shape index (κ1) is 15.0. The van der Waals surface area contributed by atoms with E-state index < -0.39 is 0 Å². The molecule has 1 heterocycles. The van der Waals surface area contributed by atoms with Gasteiger partial charge in [-0.25, -0.2) is 0 Å². The highest BCUT2D eigenvalue weighted by atomic mass is 16.2. The highest BCUT2D eigenvalue weighted by molar-refractivity contribution is 5.95. The first-order chi connectivity index (χ1) is 9.61. The molecule has 1 amide bonds. The summed E-state index contributed by atoms with van der Waals surface area (Å²) in [6.07, 6.45) is 2.16. The Bertz CT molecular complexity index is 461. The van der Waals surface area contributed by atoms with Crippen molar-refractivity contribution >= 4 is 11.6 Å². The number of likely N-dealkylation sites (tertiary alicyclic amines) is 1. The predicted octanol–water partition coefficient (Wildman–Crippen LogP) is 1.77. The van der Waals surface area contributed by atoms with Gasteiger partial charge >= 0.3 is 0 Å². The molecule has 0 spiro atoms. The van der Waals surface area contributed by atoms with Crippen LogP contribution in [-0.2, 0) is 4.79 Å². The number of rotatable bonds is 4. The van der Waals surface area contributed by atoms with Gasteiger partial charge in [-0.3, -0.25) is 9.69 Å². The molecule has 0 saturated carbocycles. The van der Waals surface area contributed by atoms with Crippen molar-refractivity contribution in [3.63, 3.8) is 0 Å². The number of para-hydroxylation sites is 1. The van der Waals surface area contributed by atoms with Crippen LogP contribution in [0.2, 0.25) is 0 Å². The molecule has 20 heavy (non-hydrogen) atoms. The van der Waals surface area contributed by atoms with Crippen molar-refractivity contribution in [2.75, 3.05) is 31.1 Å². The number of hydrogen-bond acceptors (Lipinski definition) is 3. The Labute approximate surface area is 121 Å². The lowest BCUT2D eigenvalue weighted by Crippen LogP contribution is -2.48. The molecule has 1 atom stereocenters. The largest absolute Gasteiger partial charge is 0.327 e. The number of carbonyl (C=O) groups excluding carboxylic acids is 1. The number of aryl methyl sites for hydroxylation is 1. The first-order valence-corrected chi connectivity index (χ1v) is 7.45. The summed E-state index contributed by atoms with van der Waals surface area (Å²) < 4.78 is 0. The summed E-state index contributed by atoms with van der Waals surface area (Å²) in [4.78, 5) is 16.6. The quantitative estimate of drug-likeness (QED) is 0.911. The van der Waals surface area contributed by atoms with Crippen molar-refractivity contribution in [1.29, 1.82) is 0 Å². The van der Waals surface area contributed by atoms with Crippen molar-refractivity contribution in [2.45, 2.75) is 32.7 Å². The lowest BCUT2D eigenvalue weighted by Gasteiger charge is -2.32. The van der Waals surface area contributed by atoms with Gasteiger partial charge < -0.3 is 10.6 Å². The molecule has 1 unspecified atom stereocenters. The zero-order chi connectivity index (χ0) is 14.5. The van der Waals surface area contributed by atoms with Crippen molar-refractivity contribution in [3.8, 4) is 0 Å². The molecule has 2 rings (SSSR count). The van der Waals surface area contributed by atoms with Gasteiger partial charge in [-0.2, -0.15) is 0 Å². The molecule has 0 bridgehead atoms. The van der Waals surface area contributed by atoms with E-state index in [1.165, 1.54) is 0 Å². The minimum atomic E-state index is 0.163. The van der Waals surface area contributed by atoms with E-state index in [9.17, 15) is 4.79 Å². The van der Waals surface area contributed by atoms with Gasteiger partial charge in [-0.1, -0.05) is 18.2 Å². The third kappa shape index (κ3) is 3.58. The number of hydrogen-bond donors (Lipinski definition) is 1. The minimum Gasteiger partial charge on any atom is -0.327 e. The highest BCUT2D eigenvalue weighted by Gasteiger charge is 2.22. The Morgan fingerprint density at radius 1 is 1.45 bits per heavy atom. The average molecular weight is 275 g/mol. The van der Waals surface area contributed by atoms with Crippen LogP contribution in [0, 0.1) is 6.92 Å². The van der Waals surface area contributed by atoms with Crippen molar-refractivity contribution in [3.05, 3.63) is 29.8 Å². The molecule has 0 radical (unpaired) electrons. The molecule has 0 aromatic heterocycles. The molecule has 4 nitrogen and oxygen atoms in total. The summed E-state index contributed by atoms with van der Waals surface area (Å²) in [7, 11) is 0. The van der Waals surface area contributed by atoms with E-state index >= 15 is 0 Å². The van der Waals surface area contributed by atoms with Crippen molar-refractivity contribution in [2.24, 2.45) is 5.73 Å². The third-order valence-corrected chi connectivity index (χ3v) is 3.92. The molecule has 4 heteroatoms. The van der Waals surface area contributed by atoms with Gasteiger partial charge in [0.15, 0.2) is 0 Å². The van der Waals surface area contributed by atoms with E-state index in [-0.39, 0.29) is 11.9 Å². The minimum absolute atomic E-state index is 0.163. The molecule has 1 aromatic carbocycles. The predicted molar refractivity (Wildman–Crippen MR) is 82.9 cm³/mol. The number of nitrogens with two attached hydrogens (primary N) is 1. The molecule has 2 N–H and O–H groups in total. The van der Waals surface area contributed by atoms with E-state index in [4.69, 9.17) is 5.73 Å². The molecular weight excluding hydrogens is 250 g/mol. The fraction of sp³-hybridized carbons (Fsp3) is 0.562. The van der Waals surface area contributed by atoms with Gasteiger partial charge in [-0.15, -0.1) is 0 Å². The number of anilines is 1. The van der Waals surface area contributed by atoms with E-state index in [0.717, 1.165) is 37.2 Å². The normalized spacial score (nSPS) is 19.9. The molecule has 1 saturated heterocycles. The summed E-state index contributed by atoms with van der Waals surface area (Å²) >= 11 is 0. The van der Waals surface area contributed by atoms with Crippen molar-refractivity contribution in [1.82, 2.24) is 4.90 Å². The van der Waals surface area contributed by atoms with Crippen LogP contribution in [0.5, 0.6) is 0 Å². The zero-order valence-electron chi connectivity index (χ0n) is 12.5. The van der Waals surface area contributed by atoms with E-state index in [1.807, 2.05) is 43.0 Å². The van der Waals surface area contributed by atoms with Crippen LogP contribution in [0.4, 0.5) is 5.69 Å². The smallest absolute Gasteiger partial charge is 0.241 e. The second-order valence-corrected chi connectivity index (χ2v) is 5.56. The molecule has 110 valence electrons. The Kier molecular flexibility index (Phi) is 5.15. The maximum absolute atomic E-state index is 12.5. The van der Waals surface area contributed by atoms with Crippen LogP contribution in [0.1, 0.15) is 25.3 Å². The molecule has 1 aromatic rings. The van der Waals surface area contributed by atoms with Gasteiger partial charge in [-0.05, 0) is 44.9 Å². The number of likely N-dealkylation sites (N-methyl/N-ethyl adjacent to an activating group) is 1. The summed E-state index contributed by atoms with van der Waals surface area (Å²) in [5.74, 6) is 0.163. The second-order valence-electron chi connectivity index (χ2n) is 5.56. The topological polar surface area (TPSA) is 49.6 Å². The summed E-state index contributed by atoms with van der Waals surface area (Å²) in [6.45, 7) is 7.04. The average Bonchev–Trinajstić information content (AvgIpc) is 2.41. The Hall–Kier alpha value is -1.39. The van der Waals surface area contributed by atoms with Crippen LogP contribution < -0.4 is 10.6 Å². The summed E-state index contributed by atoms with van der Waals surface area (Å²) in [5.41, 5.74) is 8.13. The molecule has 0 aliphatic carbocycles. The summed E-state index contributed by atoms with van der Waals surface area (Å²) in [6, 6.07) is 8.25. The van der Waals surface area contributed by atoms with Crippen LogP contribution >= 0.6 is 0 Å². The first-order valence-electron chi connectivity index (χ1n) is 7.45. The Morgan fingerprint density at radius 3 is 2.85 bits per heavy atom. The highest BCUT2D eigenvalue weighted by Crippen LogP contribution is 2.20. The Morgan fingerprint density at radius 2 is 2.20 bits per heavy atom. The van der Waals surface area contributed by atoms with Gasteiger partial charge in [0, 0.05) is 24.8 Å². The van der Waals surface area contributed by atoms with E-state index in [2.05, 4.69) is 4.90 Å². The Balaban J connectivity index is 2.04. The lowest BCUT2D eigenvalue weighted by molar-refractivity contribution is -0.120. The zero-order valence-corrected chi connectivity index (χ0v) is 12.5. The van der Waals surface area contributed by atoms with Crippen LogP contribution in [0.25, 0.3) is 0 Å². The van der Waals surface area contributed by atoms with Gasteiger partial charge in [0.25, 0.3) is 0 Å². The molecule has 1 aliphatic heterocycles. The van der Waals surface area contributed by atoms with Crippen molar-refractivity contribution < 1.29 is 4.79 Å². The second kappa shape index (κ2) is 6.86. The number of amides is 1. The maximum Gasteiger partial charge on any atom is 0.241 e. The molecule has 1 aliphatic rings. The monoisotopic (exact) mass is 275 g/mol. The van der Waals surface area contributed by atoms with Gasteiger partial charge in [0.2, 0.25) is 5.91 Å². The fourth-order valence-corrected chi connectivity index (χ4v) is 2.86. The molecular formula is C16H25N3O. The van der Waals surface area contributed by atoms with Crippen LogP contribution in [0.3, 0.4) is 0 Å². The van der Waals surface area contributed by atoms with Gasteiger partial charge in [0.05, 0.1) is 6.54 Å². The number of piperidine rings is 1. The van der Waals surface area contributed by atoms with Crippen LogP contribution in [-0.4, -0.2) is 43.0 Å². The fourth-order valence-electron chi connectivity index (χ4n) is 2.86. The lowest BCUT2D eigenvalue weighted by atomic mass is 10.1. The maximum atomic E-state index is 12.5.